The third-order valence-corrected chi connectivity index (χ3v) is 5.58. The van der Waals surface area contributed by atoms with E-state index in [0.717, 1.165) is 22.2 Å². The van der Waals surface area contributed by atoms with Crippen LogP contribution in [0.3, 0.4) is 0 Å². The molecule has 2 aromatic carbocycles. The largest absolute Gasteiger partial charge is 0.490 e. The number of allylic oxidation sites excluding steroid dienone is 1. The fraction of sp³-hybridized carbons (Fsp3) is 0.240. The first-order valence-electron chi connectivity index (χ1n) is 10.4. The summed E-state index contributed by atoms with van der Waals surface area (Å²) in [5.74, 6) is 0.440. The lowest BCUT2D eigenvalue weighted by atomic mass is 10.0. The smallest absolute Gasteiger partial charge is 0.293 e. The van der Waals surface area contributed by atoms with E-state index in [1.165, 1.54) is 0 Å². The van der Waals surface area contributed by atoms with Crippen molar-refractivity contribution >= 4 is 34.8 Å². The summed E-state index contributed by atoms with van der Waals surface area (Å²) in [5.41, 5.74) is 2.03. The van der Waals surface area contributed by atoms with Crippen LogP contribution >= 0.6 is 11.8 Å². The molecule has 0 unspecified atom stereocenters. The summed E-state index contributed by atoms with van der Waals surface area (Å²) < 4.78 is 11.5. The highest BCUT2D eigenvalue weighted by Gasteiger charge is 2.36. The number of imide groups is 1. The number of ether oxygens (including phenoxy) is 2. The molecule has 0 N–H and O–H groups in total. The number of thioether (sulfide) groups is 1. The standard InChI is InChI=1S/C25H25NO5S/c1-4-10-19-13-17(14-21(30-5-2)23(19)31-6-3)15-22-24(28)26(25(29)32-22)16-20(27)18-11-8-7-9-12-18/h4,7-9,11-15H,1,5-6,10,16H2,2-3H3/b22-15+. The van der Waals surface area contributed by atoms with Gasteiger partial charge in [0.1, 0.15) is 0 Å². The van der Waals surface area contributed by atoms with Crippen molar-refractivity contribution in [3.8, 4) is 11.5 Å². The fourth-order valence-electron chi connectivity index (χ4n) is 3.29. The summed E-state index contributed by atoms with van der Waals surface area (Å²) in [4.78, 5) is 39.0. The molecule has 0 bridgehead atoms. The van der Waals surface area contributed by atoms with Gasteiger partial charge < -0.3 is 9.47 Å². The molecule has 6 nitrogen and oxygen atoms in total. The number of benzene rings is 2. The van der Waals surface area contributed by atoms with Crippen molar-refractivity contribution < 1.29 is 23.9 Å². The van der Waals surface area contributed by atoms with Gasteiger partial charge in [0.15, 0.2) is 17.3 Å². The topological polar surface area (TPSA) is 72.9 Å². The molecule has 1 heterocycles. The third-order valence-electron chi connectivity index (χ3n) is 4.68. The summed E-state index contributed by atoms with van der Waals surface area (Å²) in [6.45, 7) is 8.22. The molecule has 1 saturated heterocycles. The monoisotopic (exact) mass is 451 g/mol. The van der Waals surface area contributed by atoms with Crippen molar-refractivity contribution in [2.75, 3.05) is 19.8 Å². The quantitative estimate of drug-likeness (QED) is 0.283. The Kier molecular flexibility index (Phi) is 7.89. The molecule has 32 heavy (non-hydrogen) atoms. The molecule has 2 amide bonds. The number of amides is 2. The van der Waals surface area contributed by atoms with Gasteiger partial charge in [-0.15, -0.1) is 6.58 Å². The predicted octanol–water partition coefficient (Wildman–Crippen LogP) is 5.13. The summed E-state index contributed by atoms with van der Waals surface area (Å²) >= 11 is 0.821. The predicted molar refractivity (Wildman–Crippen MR) is 126 cm³/mol. The van der Waals surface area contributed by atoms with Gasteiger partial charge in [0.25, 0.3) is 11.1 Å². The van der Waals surface area contributed by atoms with E-state index >= 15 is 0 Å². The number of carbonyl (C=O) groups is 3. The van der Waals surface area contributed by atoms with Crippen molar-refractivity contribution in [3.63, 3.8) is 0 Å². The zero-order valence-electron chi connectivity index (χ0n) is 18.1. The maximum absolute atomic E-state index is 12.9. The summed E-state index contributed by atoms with van der Waals surface area (Å²) in [6.07, 6.45) is 3.97. The molecule has 0 atom stereocenters. The van der Waals surface area contributed by atoms with E-state index in [0.29, 0.717) is 42.3 Å². The van der Waals surface area contributed by atoms with Gasteiger partial charge in [0.05, 0.1) is 24.7 Å². The van der Waals surface area contributed by atoms with Crippen molar-refractivity contribution in [2.45, 2.75) is 20.3 Å². The van der Waals surface area contributed by atoms with Crippen LogP contribution in [0.15, 0.2) is 60.0 Å². The SMILES string of the molecule is C=CCc1cc(/C=C2/SC(=O)N(CC(=O)c3ccccc3)C2=O)cc(OCC)c1OCC. The number of nitrogens with zero attached hydrogens (tertiary/aromatic N) is 1. The molecule has 0 saturated carbocycles. The van der Waals surface area contributed by atoms with E-state index in [9.17, 15) is 14.4 Å². The van der Waals surface area contributed by atoms with Gasteiger partial charge in [-0.05, 0) is 55.8 Å². The molecule has 166 valence electrons. The fourth-order valence-corrected chi connectivity index (χ4v) is 4.13. The van der Waals surface area contributed by atoms with Crippen molar-refractivity contribution in [1.82, 2.24) is 4.90 Å². The Labute approximate surface area is 191 Å². The first kappa shape index (κ1) is 23.3. The number of carbonyl (C=O) groups excluding carboxylic acids is 3. The molecule has 3 rings (SSSR count). The van der Waals surface area contributed by atoms with Crippen LogP contribution in [0.5, 0.6) is 11.5 Å². The van der Waals surface area contributed by atoms with Crippen LogP contribution in [-0.4, -0.2) is 41.6 Å². The van der Waals surface area contributed by atoms with Gasteiger partial charge in [-0.2, -0.15) is 0 Å². The minimum absolute atomic E-state index is 0.257. The third kappa shape index (κ3) is 5.29. The number of rotatable bonds is 10. The lowest BCUT2D eigenvalue weighted by Gasteiger charge is -2.16. The number of hydrogen-bond donors (Lipinski definition) is 0. The van der Waals surface area contributed by atoms with E-state index in [1.54, 1.807) is 48.6 Å². The maximum Gasteiger partial charge on any atom is 0.293 e. The van der Waals surface area contributed by atoms with Crippen molar-refractivity contribution in [3.05, 3.63) is 76.7 Å². The minimum atomic E-state index is -0.485. The lowest BCUT2D eigenvalue weighted by Crippen LogP contribution is -2.33. The summed E-state index contributed by atoms with van der Waals surface area (Å²) in [7, 11) is 0. The second kappa shape index (κ2) is 10.8. The second-order valence-electron chi connectivity index (χ2n) is 6.92. The summed E-state index contributed by atoms with van der Waals surface area (Å²) in [6, 6.07) is 12.3. The normalized spacial score (nSPS) is 14.7. The highest BCUT2D eigenvalue weighted by atomic mass is 32.2. The van der Waals surface area contributed by atoms with Crippen LogP contribution in [-0.2, 0) is 11.2 Å². The Morgan fingerprint density at radius 1 is 1.09 bits per heavy atom. The van der Waals surface area contributed by atoms with Crippen molar-refractivity contribution in [2.24, 2.45) is 0 Å². The molecule has 2 aromatic rings. The molecule has 0 radical (unpaired) electrons. The molecule has 0 aliphatic carbocycles. The van der Waals surface area contributed by atoms with Crippen LogP contribution in [0.2, 0.25) is 0 Å². The van der Waals surface area contributed by atoms with Gasteiger partial charge in [0.2, 0.25) is 0 Å². The number of hydrogen-bond acceptors (Lipinski definition) is 6. The van der Waals surface area contributed by atoms with Crippen LogP contribution in [0, 0.1) is 0 Å². The highest BCUT2D eigenvalue weighted by molar-refractivity contribution is 8.18. The first-order chi connectivity index (χ1) is 15.5. The van der Waals surface area contributed by atoms with Crippen molar-refractivity contribution in [1.29, 1.82) is 0 Å². The molecular weight excluding hydrogens is 426 g/mol. The van der Waals surface area contributed by atoms with Gasteiger partial charge in [-0.1, -0.05) is 36.4 Å². The van der Waals surface area contributed by atoms with E-state index in [2.05, 4.69) is 6.58 Å². The second-order valence-corrected chi connectivity index (χ2v) is 7.92. The van der Waals surface area contributed by atoms with Crippen LogP contribution < -0.4 is 9.47 Å². The highest BCUT2D eigenvalue weighted by Crippen LogP contribution is 2.37. The van der Waals surface area contributed by atoms with E-state index in [1.807, 2.05) is 19.9 Å². The minimum Gasteiger partial charge on any atom is -0.490 e. The molecule has 1 aliphatic heterocycles. The number of ketones is 1. The Morgan fingerprint density at radius 2 is 1.81 bits per heavy atom. The first-order valence-corrected chi connectivity index (χ1v) is 11.2. The zero-order valence-corrected chi connectivity index (χ0v) is 18.9. The van der Waals surface area contributed by atoms with Gasteiger partial charge in [-0.3, -0.25) is 19.3 Å². The average Bonchev–Trinajstić information content (AvgIpc) is 3.04. The Balaban J connectivity index is 1.89. The molecular formula is C25H25NO5S. The van der Waals surface area contributed by atoms with Gasteiger partial charge in [0, 0.05) is 11.1 Å². The number of Topliss-reactive ketones (excluding diaryl/α,β-unsaturated/α-hetero) is 1. The Bertz CT molecular complexity index is 1060. The molecule has 1 aliphatic rings. The van der Waals surface area contributed by atoms with Gasteiger partial charge in [-0.25, -0.2) is 0 Å². The van der Waals surface area contributed by atoms with Crippen LogP contribution in [0.4, 0.5) is 4.79 Å². The zero-order chi connectivity index (χ0) is 23.1. The van der Waals surface area contributed by atoms with Crippen LogP contribution in [0.25, 0.3) is 6.08 Å². The average molecular weight is 452 g/mol. The molecule has 1 fully saturated rings. The maximum atomic E-state index is 12.9. The molecule has 7 heteroatoms. The van der Waals surface area contributed by atoms with Gasteiger partial charge >= 0.3 is 0 Å². The summed E-state index contributed by atoms with van der Waals surface area (Å²) in [5, 5.41) is -0.465. The molecule has 0 aromatic heterocycles. The Morgan fingerprint density at radius 3 is 2.47 bits per heavy atom. The van der Waals surface area contributed by atoms with Crippen LogP contribution in [0.1, 0.15) is 35.3 Å². The van der Waals surface area contributed by atoms with E-state index in [-0.39, 0.29) is 17.2 Å². The Hall–Kier alpha value is -3.32. The van der Waals surface area contributed by atoms with E-state index < -0.39 is 11.1 Å². The molecule has 0 spiro atoms. The van der Waals surface area contributed by atoms with E-state index in [4.69, 9.17) is 9.47 Å². The lowest BCUT2D eigenvalue weighted by molar-refractivity contribution is -0.122.